The Morgan fingerprint density at radius 2 is 1.88 bits per heavy atom. The Hall–Kier alpha value is -2.56. The van der Waals surface area contributed by atoms with Gasteiger partial charge in [0.25, 0.3) is 10.0 Å². The van der Waals surface area contributed by atoms with Crippen LogP contribution in [-0.2, 0) is 34.0 Å². The second kappa shape index (κ2) is 6.75. The summed E-state index contributed by atoms with van der Waals surface area (Å²) in [7, 11) is -4.29. The van der Waals surface area contributed by atoms with Crippen molar-refractivity contribution in [2.24, 2.45) is 0 Å². The number of aliphatic carboxylic acids is 1. The lowest BCUT2D eigenvalue weighted by molar-refractivity contribution is -0.143. The number of hydrogen-bond acceptors (Lipinski definition) is 4. The van der Waals surface area contributed by atoms with Crippen molar-refractivity contribution in [2.45, 2.75) is 31.0 Å². The molecule has 11 heteroatoms. The standard InChI is InChI=1S/C14H14F3N3O4S/c1-2-20-13(14(15,16)17)11(8-18-20)19-25(23,24)10-5-3-9(4-6-10)7-12(21)22/h3-6,8,19H,2,7H2,1H3,(H,21,22). The van der Waals surface area contributed by atoms with Crippen LogP contribution < -0.4 is 4.72 Å². The molecule has 0 unspecified atom stereocenters. The number of aryl methyl sites for hydroxylation is 1. The number of carboxylic acids is 1. The van der Waals surface area contributed by atoms with Gasteiger partial charge in [0.05, 0.1) is 23.2 Å². The van der Waals surface area contributed by atoms with E-state index in [1.54, 1.807) is 0 Å². The second-order valence-corrected chi connectivity index (χ2v) is 6.72. The van der Waals surface area contributed by atoms with E-state index in [0.29, 0.717) is 10.2 Å². The number of benzene rings is 1. The van der Waals surface area contributed by atoms with Gasteiger partial charge < -0.3 is 5.11 Å². The predicted octanol–water partition coefficient (Wildman–Crippen LogP) is 2.35. The molecule has 1 aromatic heterocycles. The van der Waals surface area contributed by atoms with Gasteiger partial charge in [-0.25, -0.2) is 8.42 Å². The summed E-state index contributed by atoms with van der Waals surface area (Å²) in [5.74, 6) is -1.09. The van der Waals surface area contributed by atoms with Crippen LogP contribution in [0.25, 0.3) is 0 Å². The minimum absolute atomic E-state index is 0.0829. The van der Waals surface area contributed by atoms with Gasteiger partial charge in [-0.1, -0.05) is 12.1 Å². The monoisotopic (exact) mass is 377 g/mol. The van der Waals surface area contributed by atoms with Gasteiger partial charge in [-0.2, -0.15) is 18.3 Å². The van der Waals surface area contributed by atoms with Crippen LogP contribution in [0.3, 0.4) is 0 Å². The summed E-state index contributed by atoms with van der Waals surface area (Å²) in [6.07, 6.45) is -4.28. The molecule has 136 valence electrons. The van der Waals surface area contributed by atoms with Gasteiger partial charge in [0.2, 0.25) is 0 Å². The maximum atomic E-state index is 13.1. The van der Waals surface area contributed by atoms with Crippen molar-refractivity contribution in [3.63, 3.8) is 0 Å². The second-order valence-electron chi connectivity index (χ2n) is 5.04. The molecule has 2 rings (SSSR count). The SMILES string of the molecule is CCn1ncc(NS(=O)(=O)c2ccc(CC(=O)O)cc2)c1C(F)(F)F. The highest BCUT2D eigenvalue weighted by Gasteiger charge is 2.39. The Balaban J connectivity index is 2.33. The first-order chi connectivity index (χ1) is 11.5. The van der Waals surface area contributed by atoms with Crippen LogP contribution in [0.15, 0.2) is 35.4 Å². The molecule has 7 nitrogen and oxygen atoms in total. The Morgan fingerprint density at radius 3 is 2.36 bits per heavy atom. The first kappa shape index (κ1) is 18.8. The molecule has 2 aromatic rings. The topological polar surface area (TPSA) is 101 Å². The van der Waals surface area contributed by atoms with Gasteiger partial charge in [-0.05, 0) is 24.6 Å². The van der Waals surface area contributed by atoms with Crippen molar-refractivity contribution in [3.8, 4) is 0 Å². The van der Waals surface area contributed by atoms with Gasteiger partial charge >= 0.3 is 12.1 Å². The Labute approximate surface area is 141 Å². The molecular formula is C14H14F3N3O4S. The van der Waals surface area contributed by atoms with Crippen molar-refractivity contribution in [1.29, 1.82) is 0 Å². The number of carboxylic acid groups (broad SMARTS) is 1. The van der Waals surface area contributed by atoms with E-state index in [0.717, 1.165) is 18.3 Å². The summed E-state index contributed by atoms with van der Waals surface area (Å²) in [6, 6.07) is 4.81. The zero-order valence-corrected chi connectivity index (χ0v) is 13.7. The van der Waals surface area contributed by atoms with Crippen molar-refractivity contribution in [2.75, 3.05) is 4.72 Å². The fourth-order valence-electron chi connectivity index (χ4n) is 2.16. The van der Waals surface area contributed by atoms with Gasteiger partial charge in [-0.15, -0.1) is 0 Å². The van der Waals surface area contributed by atoms with Gasteiger partial charge in [0, 0.05) is 6.54 Å². The minimum Gasteiger partial charge on any atom is -0.481 e. The minimum atomic E-state index is -4.78. The molecule has 0 amide bonds. The van der Waals surface area contributed by atoms with Crippen molar-refractivity contribution < 1.29 is 31.5 Å². The number of nitrogens with one attached hydrogen (secondary N) is 1. The van der Waals surface area contributed by atoms with Crippen LogP contribution in [0, 0.1) is 0 Å². The third-order valence-corrected chi connectivity index (χ3v) is 4.62. The van der Waals surface area contributed by atoms with E-state index in [1.165, 1.54) is 19.1 Å². The summed E-state index contributed by atoms with van der Waals surface area (Å²) < 4.78 is 66.5. The van der Waals surface area contributed by atoms with Gasteiger partial charge in [0.15, 0.2) is 5.69 Å². The van der Waals surface area contributed by atoms with E-state index in [1.807, 2.05) is 4.72 Å². The number of aromatic nitrogens is 2. The quantitative estimate of drug-likeness (QED) is 0.805. The van der Waals surface area contributed by atoms with Gasteiger partial charge in [0.1, 0.15) is 0 Å². The number of alkyl halides is 3. The van der Waals surface area contributed by atoms with E-state index in [4.69, 9.17) is 5.11 Å². The maximum Gasteiger partial charge on any atom is 0.435 e. The molecule has 0 aliphatic carbocycles. The molecular weight excluding hydrogens is 363 g/mol. The first-order valence-corrected chi connectivity index (χ1v) is 8.49. The molecule has 0 radical (unpaired) electrons. The molecule has 0 bridgehead atoms. The molecule has 0 aliphatic rings. The lowest BCUT2D eigenvalue weighted by Crippen LogP contribution is -2.19. The van der Waals surface area contributed by atoms with E-state index < -0.39 is 33.6 Å². The Morgan fingerprint density at radius 1 is 1.28 bits per heavy atom. The number of nitrogens with zero attached hydrogens (tertiary/aromatic N) is 2. The highest BCUT2D eigenvalue weighted by Crippen LogP contribution is 2.35. The average molecular weight is 377 g/mol. The average Bonchev–Trinajstić information content (AvgIpc) is 2.89. The number of anilines is 1. The fourth-order valence-corrected chi connectivity index (χ4v) is 3.21. The molecule has 1 aromatic carbocycles. The third kappa shape index (κ3) is 4.29. The van der Waals surface area contributed by atoms with Crippen LogP contribution in [0.2, 0.25) is 0 Å². The highest BCUT2D eigenvalue weighted by atomic mass is 32.2. The number of carbonyl (C=O) groups is 1. The Bertz CT molecular complexity index is 874. The number of sulfonamides is 1. The van der Waals surface area contributed by atoms with E-state index in [9.17, 15) is 26.4 Å². The molecule has 2 N–H and O–H groups in total. The maximum absolute atomic E-state index is 13.1. The smallest absolute Gasteiger partial charge is 0.435 e. The van der Waals surface area contributed by atoms with Crippen molar-refractivity contribution in [3.05, 3.63) is 41.7 Å². The molecule has 0 saturated heterocycles. The van der Waals surface area contributed by atoms with Crippen molar-refractivity contribution >= 4 is 21.7 Å². The van der Waals surface area contributed by atoms with E-state index in [2.05, 4.69) is 5.10 Å². The molecule has 0 aliphatic heterocycles. The van der Waals surface area contributed by atoms with Crippen LogP contribution in [0.5, 0.6) is 0 Å². The first-order valence-electron chi connectivity index (χ1n) is 7.01. The van der Waals surface area contributed by atoms with Crippen LogP contribution in [0.4, 0.5) is 18.9 Å². The zero-order valence-electron chi connectivity index (χ0n) is 12.9. The van der Waals surface area contributed by atoms with Crippen LogP contribution in [0.1, 0.15) is 18.2 Å². The third-order valence-electron chi connectivity index (χ3n) is 3.24. The van der Waals surface area contributed by atoms with E-state index >= 15 is 0 Å². The summed E-state index contributed by atoms with van der Waals surface area (Å²) >= 11 is 0. The van der Waals surface area contributed by atoms with Crippen molar-refractivity contribution in [1.82, 2.24) is 9.78 Å². The van der Waals surface area contributed by atoms with Gasteiger partial charge in [-0.3, -0.25) is 14.2 Å². The zero-order chi connectivity index (χ0) is 18.8. The predicted molar refractivity (Wildman–Crippen MR) is 81.5 cm³/mol. The Kier molecular flexibility index (Phi) is 5.07. The summed E-state index contributed by atoms with van der Waals surface area (Å²) in [5.41, 5.74) is -1.51. The molecule has 1 heterocycles. The molecule has 0 fully saturated rings. The number of hydrogen-bond donors (Lipinski definition) is 2. The number of halogens is 3. The van der Waals surface area contributed by atoms with Crippen LogP contribution in [-0.4, -0.2) is 29.3 Å². The molecule has 25 heavy (non-hydrogen) atoms. The summed E-state index contributed by atoms with van der Waals surface area (Å²) in [4.78, 5) is 10.3. The fraction of sp³-hybridized carbons (Fsp3) is 0.286. The summed E-state index contributed by atoms with van der Waals surface area (Å²) in [6.45, 7) is 1.36. The molecule has 0 spiro atoms. The normalized spacial score (nSPS) is 12.2. The molecule has 0 saturated carbocycles. The summed E-state index contributed by atoms with van der Waals surface area (Å²) in [5, 5.41) is 12.2. The molecule has 0 atom stereocenters. The van der Waals surface area contributed by atoms with Crippen LogP contribution >= 0.6 is 0 Å². The lowest BCUT2D eigenvalue weighted by atomic mass is 10.2. The van der Waals surface area contributed by atoms with E-state index in [-0.39, 0.29) is 17.9 Å². The highest BCUT2D eigenvalue weighted by molar-refractivity contribution is 7.92. The number of rotatable bonds is 6. The largest absolute Gasteiger partial charge is 0.481 e. The lowest BCUT2D eigenvalue weighted by Gasteiger charge is -2.13.